The molecule has 0 saturated carbocycles. The van der Waals surface area contributed by atoms with E-state index in [9.17, 15) is 14.4 Å². The molecule has 0 aliphatic heterocycles. The highest BCUT2D eigenvalue weighted by Gasteiger charge is 2.19. The predicted molar refractivity (Wildman–Crippen MR) is 178 cm³/mol. The first-order valence-electron chi connectivity index (χ1n) is 13.7. The summed E-state index contributed by atoms with van der Waals surface area (Å²) in [6.07, 6.45) is 1.50. The summed E-state index contributed by atoms with van der Waals surface area (Å²) in [6, 6.07) is 25.8. The first kappa shape index (κ1) is 33.0. The van der Waals surface area contributed by atoms with Crippen LogP contribution in [0.15, 0.2) is 102 Å². The Labute approximate surface area is 270 Å². The molecule has 4 aromatic rings. The molecule has 0 bridgehead atoms. The van der Waals surface area contributed by atoms with Crippen LogP contribution in [0.5, 0.6) is 17.2 Å². The van der Waals surface area contributed by atoms with Gasteiger partial charge in [-0.2, -0.15) is 0 Å². The number of rotatable bonds is 12. The Morgan fingerprint density at radius 1 is 0.756 bits per heavy atom. The molecule has 0 aliphatic carbocycles. The molecule has 0 spiro atoms. The number of amides is 3. The minimum Gasteiger partial charge on any atom is -0.496 e. The summed E-state index contributed by atoms with van der Waals surface area (Å²) >= 11 is 7.35. The van der Waals surface area contributed by atoms with Gasteiger partial charge in [-0.3, -0.25) is 14.4 Å². The number of halogens is 1. The van der Waals surface area contributed by atoms with Crippen molar-refractivity contribution in [3.63, 3.8) is 0 Å². The van der Waals surface area contributed by atoms with E-state index >= 15 is 0 Å². The van der Waals surface area contributed by atoms with Crippen molar-refractivity contribution in [2.75, 3.05) is 32.0 Å². The zero-order valence-corrected chi connectivity index (χ0v) is 26.6. The number of nitrogens with one attached hydrogen (secondary N) is 3. The molecule has 1 atom stereocenters. The van der Waals surface area contributed by atoms with E-state index in [-0.39, 0.29) is 11.6 Å². The lowest BCUT2D eigenvalue weighted by molar-refractivity contribution is -0.115. The van der Waals surface area contributed by atoms with Gasteiger partial charge in [0.05, 0.1) is 26.6 Å². The molecule has 45 heavy (non-hydrogen) atoms. The van der Waals surface area contributed by atoms with Gasteiger partial charge < -0.3 is 30.2 Å². The fourth-order valence-corrected chi connectivity index (χ4v) is 5.29. The highest BCUT2D eigenvalue weighted by atomic mass is 35.5. The molecule has 0 radical (unpaired) electrons. The molecule has 4 aromatic carbocycles. The number of benzene rings is 4. The van der Waals surface area contributed by atoms with Crippen molar-refractivity contribution in [1.82, 2.24) is 5.32 Å². The van der Waals surface area contributed by atoms with E-state index in [0.717, 1.165) is 4.90 Å². The molecule has 11 heteroatoms. The van der Waals surface area contributed by atoms with Gasteiger partial charge in [0.1, 0.15) is 11.4 Å². The second-order valence-electron chi connectivity index (χ2n) is 9.57. The summed E-state index contributed by atoms with van der Waals surface area (Å²) in [5.41, 5.74) is 1.87. The van der Waals surface area contributed by atoms with Crippen LogP contribution in [0.1, 0.15) is 22.8 Å². The summed E-state index contributed by atoms with van der Waals surface area (Å²) in [6.45, 7) is 1.78. The van der Waals surface area contributed by atoms with Crippen LogP contribution >= 0.6 is 23.4 Å². The quantitative estimate of drug-likeness (QED) is 0.113. The van der Waals surface area contributed by atoms with E-state index in [1.807, 2.05) is 6.07 Å². The smallest absolute Gasteiger partial charge is 0.272 e. The Kier molecular flexibility index (Phi) is 11.5. The van der Waals surface area contributed by atoms with E-state index in [2.05, 4.69) is 16.0 Å². The summed E-state index contributed by atoms with van der Waals surface area (Å²) in [5.74, 6) is 0.00243. The van der Waals surface area contributed by atoms with Crippen LogP contribution in [0.4, 0.5) is 11.4 Å². The molecule has 3 N–H and O–H groups in total. The van der Waals surface area contributed by atoms with E-state index < -0.39 is 17.1 Å². The van der Waals surface area contributed by atoms with Crippen molar-refractivity contribution in [2.24, 2.45) is 0 Å². The fourth-order valence-electron chi connectivity index (χ4n) is 4.18. The van der Waals surface area contributed by atoms with Crippen LogP contribution in [-0.2, 0) is 9.59 Å². The average Bonchev–Trinajstić information content (AvgIpc) is 3.04. The number of thioether (sulfide) groups is 1. The molecule has 3 amide bonds. The number of hydrogen-bond acceptors (Lipinski definition) is 7. The molecule has 0 aromatic heterocycles. The minimum absolute atomic E-state index is 0.0401. The van der Waals surface area contributed by atoms with Gasteiger partial charge >= 0.3 is 0 Å². The molecule has 1 unspecified atom stereocenters. The lowest BCUT2D eigenvalue weighted by Crippen LogP contribution is -2.30. The average molecular weight is 646 g/mol. The first-order chi connectivity index (χ1) is 21.7. The highest BCUT2D eigenvalue weighted by Crippen LogP contribution is 2.36. The summed E-state index contributed by atoms with van der Waals surface area (Å²) in [5, 5.41) is 8.50. The predicted octanol–water partition coefficient (Wildman–Crippen LogP) is 6.89. The van der Waals surface area contributed by atoms with Gasteiger partial charge in [0, 0.05) is 38.5 Å². The third-order valence-electron chi connectivity index (χ3n) is 6.43. The van der Waals surface area contributed by atoms with Gasteiger partial charge in [-0.25, -0.2) is 0 Å². The van der Waals surface area contributed by atoms with Crippen molar-refractivity contribution < 1.29 is 28.6 Å². The van der Waals surface area contributed by atoms with E-state index in [0.29, 0.717) is 44.8 Å². The van der Waals surface area contributed by atoms with Crippen molar-refractivity contribution in [1.29, 1.82) is 0 Å². The highest BCUT2D eigenvalue weighted by molar-refractivity contribution is 8.00. The van der Waals surface area contributed by atoms with Gasteiger partial charge in [-0.05, 0) is 67.6 Å². The zero-order chi connectivity index (χ0) is 32.3. The van der Waals surface area contributed by atoms with Crippen molar-refractivity contribution in [3.05, 3.63) is 113 Å². The normalized spacial score (nSPS) is 11.6. The number of methoxy groups -OCH3 is 3. The van der Waals surface area contributed by atoms with Crippen molar-refractivity contribution >= 4 is 58.5 Å². The maximum atomic E-state index is 13.7. The fraction of sp³-hybridized carbons (Fsp3) is 0.147. The lowest BCUT2D eigenvalue weighted by atomic mass is 10.1. The molecule has 4 rings (SSSR count). The van der Waals surface area contributed by atoms with Crippen LogP contribution in [0.25, 0.3) is 6.08 Å². The van der Waals surface area contributed by atoms with E-state index in [1.165, 1.54) is 39.2 Å². The largest absolute Gasteiger partial charge is 0.496 e. The van der Waals surface area contributed by atoms with Crippen LogP contribution < -0.4 is 30.2 Å². The standard InChI is InChI=1S/C34H32ClN3O6S/c1-21(32(39)36-25-13-8-12-24(35)18-25)45-27-15-9-14-26(19-27)37-34(41)28(38-33(40)22-10-6-5-7-11-22)16-23-17-30(43-3)31(44-4)20-29(23)42-2/h5-21H,1-4H3,(H,36,39)(H,37,41)(H,38,40)/b28-16+. The number of carbonyl (C=O) groups excluding carboxylic acids is 3. The minimum atomic E-state index is -0.579. The second-order valence-corrected chi connectivity index (χ2v) is 11.4. The molecule has 0 heterocycles. The number of ether oxygens (including phenoxy) is 3. The third kappa shape index (κ3) is 9.04. The van der Waals surface area contributed by atoms with Crippen LogP contribution in [0.3, 0.4) is 0 Å². The Bertz CT molecular complexity index is 1710. The molecule has 232 valence electrons. The SMILES string of the molecule is COc1cc(OC)c(OC)cc1/C=C(/NC(=O)c1ccccc1)C(=O)Nc1cccc(SC(C)C(=O)Nc2cccc(Cl)c2)c1. The monoisotopic (exact) mass is 645 g/mol. The van der Waals surface area contributed by atoms with Crippen LogP contribution in [-0.4, -0.2) is 44.3 Å². The lowest BCUT2D eigenvalue weighted by Gasteiger charge is -2.15. The van der Waals surface area contributed by atoms with Crippen LogP contribution in [0.2, 0.25) is 5.02 Å². The molecule has 0 saturated heterocycles. The molecular formula is C34H32ClN3O6S. The van der Waals surface area contributed by atoms with Gasteiger partial charge in [0.15, 0.2) is 11.5 Å². The maximum Gasteiger partial charge on any atom is 0.272 e. The molecule has 0 fully saturated rings. The molecule has 0 aliphatic rings. The van der Waals surface area contributed by atoms with Crippen molar-refractivity contribution in [2.45, 2.75) is 17.1 Å². The zero-order valence-electron chi connectivity index (χ0n) is 25.1. The first-order valence-corrected chi connectivity index (χ1v) is 15.0. The third-order valence-corrected chi connectivity index (χ3v) is 7.76. The Morgan fingerprint density at radius 3 is 2.07 bits per heavy atom. The summed E-state index contributed by atoms with van der Waals surface area (Å²) in [4.78, 5) is 40.3. The summed E-state index contributed by atoms with van der Waals surface area (Å²) < 4.78 is 16.3. The van der Waals surface area contributed by atoms with E-state index in [4.69, 9.17) is 25.8 Å². The van der Waals surface area contributed by atoms with E-state index in [1.54, 1.807) is 91.9 Å². The van der Waals surface area contributed by atoms with Gasteiger partial charge in [-0.1, -0.05) is 41.9 Å². The van der Waals surface area contributed by atoms with Gasteiger partial charge in [0.25, 0.3) is 11.8 Å². The van der Waals surface area contributed by atoms with Crippen LogP contribution in [0, 0.1) is 0 Å². The Hall–Kier alpha value is -4.93. The Morgan fingerprint density at radius 2 is 1.40 bits per heavy atom. The van der Waals surface area contributed by atoms with Gasteiger partial charge in [-0.15, -0.1) is 11.8 Å². The van der Waals surface area contributed by atoms with Gasteiger partial charge in [0.2, 0.25) is 5.91 Å². The number of carbonyl (C=O) groups is 3. The number of anilines is 2. The van der Waals surface area contributed by atoms with Crippen molar-refractivity contribution in [3.8, 4) is 17.2 Å². The second kappa shape index (κ2) is 15.7. The molecular weight excluding hydrogens is 614 g/mol. The maximum absolute atomic E-state index is 13.7. The summed E-state index contributed by atoms with van der Waals surface area (Å²) in [7, 11) is 4.49. The number of hydrogen-bond donors (Lipinski definition) is 3. The molecule has 9 nitrogen and oxygen atoms in total. The topological polar surface area (TPSA) is 115 Å². The Balaban J connectivity index is 1.57.